The molecular weight excluding hydrogens is 536 g/mol. The second kappa shape index (κ2) is 12.7. The van der Waals surface area contributed by atoms with E-state index in [-0.39, 0.29) is 28.6 Å². The monoisotopic (exact) mass is 568 g/mol. The van der Waals surface area contributed by atoms with E-state index in [1.165, 1.54) is 24.3 Å². The summed E-state index contributed by atoms with van der Waals surface area (Å²) in [4.78, 5) is 0. The Bertz CT molecular complexity index is 1150. The van der Waals surface area contributed by atoms with Gasteiger partial charge in [0.2, 0.25) is 12.6 Å². The fourth-order valence-electron chi connectivity index (χ4n) is 4.29. The van der Waals surface area contributed by atoms with Crippen LogP contribution in [-0.4, -0.2) is 126 Å². The van der Waals surface area contributed by atoms with Crippen LogP contribution in [0.3, 0.4) is 0 Å². The van der Waals surface area contributed by atoms with Gasteiger partial charge in [0.05, 0.1) is 13.2 Å². The lowest BCUT2D eigenvalue weighted by atomic mass is 9.99. The van der Waals surface area contributed by atoms with Gasteiger partial charge in [-0.05, 0) is 23.8 Å². The second-order valence-electron chi connectivity index (χ2n) is 9.42. The number of aliphatic hydroxyl groups is 8. The molecule has 14 heteroatoms. The molecule has 2 aliphatic rings. The summed E-state index contributed by atoms with van der Waals surface area (Å²) < 4.78 is 22.4. The molecule has 0 amide bonds. The van der Waals surface area contributed by atoms with Gasteiger partial charge >= 0.3 is 0 Å². The van der Waals surface area contributed by atoms with Gasteiger partial charge in [-0.3, -0.25) is 0 Å². The van der Waals surface area contributed by atoms with E-state index in [0.29, 0.717) is 5.56 Å². The summed E-state index contributed by atoms with van der Waals surface area (Å²) in [5.41, 5.74) is 0.737. The maximum absolute atomic E-state index is 10.5. The number of aliphatic hydroxyl groups excluding tert-OH is 8. The Morgan fingerprint density at radius 3 is 1.68 bits per heavy atom. The highest BCUT2D eigenvalue weighted by atomic mass is 16.7. The van der Waals surface area contributed by atoms with Crippen molar-refractivity contribution in [2.75, 3.05) is 13.2 Å². The van der Waals surface area contributed by atoms with Crippen LogP contribution in [0.15, 0.2) is 36.4 Å². The van der Waals surface area contributed by atoms with Crippen LogP contribution in [0.5, 0.6) is 23.0 Å². The Morgan fingerprint density at radius 2 is 1.15 bits per heavy atom. The summed E-state index contributed by atoms with van der Waals surface area (Å²) >= 11 is 0. The highest BCUT2D eigenvalue weighted by Crippen LogP contribution is 2.40. The summed E-state index contributed by atoms with van der Waals surface area (Å²) in [6.07, 6.45) is -13.4. The first-order valence-electron chi connectivity index (χ1n) is 12.3. The first-order valence-corrected chi connectivity index (χ1v) is 12.3. The van der Waals surface area contributed by atoms with Crippen molar-refractivity contribution in [3.63, 3.8) is 0 Å². The molecule has 2 heterocycles. The Balaban J connectivity index is 1.73. The predicted octanol–water partition coefficient (Wildman–Crippen LogP) is -2.37. The number of hydrogen-bond donors (Lipinski definition) is 10. The topological polar surface area (TPSA) is 239 Å². The predicted molar refractivity (Wildman–Crippen MR) is 134 cm³/mol. The minimum Gasteiger partial charge on any atom is -0.508 e. The Labute approximate surface area is 227 Å². The van der Waals surface area contributed by atoms with Gasteiger partial charge in [0.25, 0.3) is 0 Å². The van der Waals surface area contributed by atoms with Crippen molar-refractivity contribution in [3.05, 3.63) is 47.5 Å². The molecule has 2 fully saturated rings. The highest BCUT2D eigenvalue weighted by molar-refractivity contribution is 5.75. The SMILES string of the molecule is OC[C@H]1O[C@@H](Oc2cc(O)cc(/C=C\c3ccc(O)cc3)c2O[C@@H]2O[C@H](CO)[C@@H](O)[C@H](O)[C@H]2O)[C@H](O)[C@@H](O)[C@@H]1O. The van der Waals surface area contributed by atoms with Crippen molar-refractivity contribution in [1.29, 1.82) is 0 Å². The lowest BCUT2D eigenvalue weighted by molar-refractivity contribution is -0.282. The molecule has 2 saturated heterocycles. The van der Waals surface area contributed by atoms with Gasteiger partial charge in [-0.1, -0.05) is 24.3 Å². The van der Waals surface area contributed by atoms with E-state index in [9.17, 15) is 51.1 Å². The van der Waals surface area contributed by atoms with Crippen molar-refractivity contribution >= 4 is 12.2 Å². The summed E-state index contributed by atoms with van der Waals surface area (Å²) in [6, 6.07) is 8.38. The third-order valence-corrected chi connectivity index (χ3v) is 6.59. The van der Waals surface area contributed by atoms with Gasteiger partial charge in [0.15, 0.2) is 11.5 Å². The Kier molecular flexibility index (Phi) is 9.48. The van der Waals surface area contributed by atoms with E-state index in [4.69, 9.17) is 18.9 Å². The van der Waals surface area contributed by atoms with Crippen molar-refractivity contribution in [2.45, 2.75) is 61.4 Å². The molecule has 0 saturated carbocycles. The molecule has 10 atom stereocenters. The van der Waals surface area contributed by atoms with E-state index in [1.54, 1.807) is 18.2 Å². The number of phenolic OH excluding ortho intramolecular Hbond substituents is 2. The quantitative estimate of drug-likeness (QED) is 0.150. The summed E-state index contributed by atoms with van der Waals surface area (Å²) in [5.74, 6) is -0.858. The van der Waals surface area contributed by atoms with E-state index in [0.717, 1.165) is 6.07 Å². The van der Waals surface area contributed by atoms with Crippen LogP contribution in [0.1, 0.15) is 11.1 Å². The second-order valence-corrected chi connectivity index (χ2v) is 9.42. The van der Waals surface area contributed by atoms with Crippen LogP contribution < -0.4 is 9.47 Å². The van der Waals surface area contributed by atoms with Gasteiger partial charge in [-0.15, -0.1) is 0 Å². The molecule has 0 bridgehead atoms. The maximum atomic E-state index is 10.5. The van der Waals surface area contributed by atoms with Gasteiger partial charge in [0, 0.05) is 11.6 Å². The Hall–Kier alpha value is -3.02. The molecule has 2 aromatic rings. The van der Waals surface area contributed by atoms with Crippen molar-refractivity contribution in [1.82, 2.24) is 0 Å². The summed E-state index contributed by atoms with van der Waals surface area (Å²) in [6.45, 7) is -1.44. The fourth-order valence-corrected chi connectivity index (χ4v) is 4.29. The lowest BCUT2D eigenvalue weighted by Gasteiger charge is -2.41. The van der Waals surface area contributed by atoms with Crippen molar-refractivity contribution in [2.24, 2.45) is 0 Å². The molecule has 0 radical (unpaired) electrons. The maximum Gasteiger partial charge on any atom is 0.229 e. The zero-order valence-electron chi connectivity index (χ0n) is 20.9. The van der Waals surface area contributed by atoms with Crippen molar-refractivity contribution < 1.29 is 70.0 Å². The first kappa shape index (κ1) is 30.0. The van der Waals surface area contributed by atoms with Crippen LogP contribution in [0.2, 0.25) is 0 Å². The number of aromatic hydroxyl groups is 2. The zero-order chi connectivity index (χ0) is 29.1. The van der Waals surface area contributed by atoms with Gasteiger partial charge < -0.3 is 70.0 Å². The molecule has 2 aromatic carbocycles. The number of ether oxygens (including phenoxy) is 4. The van der Waals surface area contributed by atoms with Crippen LogP contribution in [0, 0.1) is 0 Å². The molecule has 10 N–H and O–H groups in total. The molecule has 2 aliphatic heterocycles. The van der Waals surface area contributed by atoms with E-state index in [1.807, 2.05) is 0 Å². The third kappa shape index (κ3) is 6.31. The fraction of sp³-hybridized carbons (Fsp3) is 0.462. The van der Waals surface area contributed by atoms with E-state index < -0.39 is 74.6 Å². The van der Waals surface area contributed by atoms with Gasteiger partial charge in [-0.2, -0.15) is 0 Å². The number of hydrogen-bond acceptors (Lipinski definition) is 14. The molecule has 40 heavy (non-hydrogen) atoms. The zero-order valence-corrected chi connectivity index (χ0v) is 20.9. The highest BCUT2D eigenvalue weighted by Gasteiger charge is 2.47. The molecule has 0 unspecified atom stereocenters. The average molecular weight is 569 g/mol. The normalized spacial score (nSPS) is 34.6. The largest absolute Gasteiger partial charge is 0.508 e. The van der Waals surface area contributed by atoms with Crippen LogP contribution in [0.4, 0.5) is 0 Å². The average Bonchev–Trinajstić information content (AvgIpc) is 2.94. The van der Waals surface area contributed by atoms with E-state index >= 15 is 0 Å². The lowest BCUT2D eigenvalue weighted by Crippen LogP contribution is -2.60. The van der Waals surface area contributed by atoms with Crippen molar-refractivity contribution in [3.8, 4) is 23.0 Å². The smallest absolute Gasteiger partial charge is 0.229 e. The van der Waals surface area contributed by atoms with Crippen LogP contribution in [0.25, 0.3) is 12.2 Å². The number of phenols is 2. The summed E-state index contributed by atoms with van der Waals surface area (Å²) in [5, 5.41) is 100. The molecule has 220 valence electrons. The molecule has 0 spiro atoms. The van der Waals surface area contributed by atoms with Gasteiger partial charge in [0.1, 0.15) is 60.3 Å². The first-order chi connectivity index (χ1) is 19.0. The summed E-state index contributed by atoms with van der Waals surface area (Å²) in [7, 11) is 0. The molecule has 4 rings (SSSR count). The minimum atomic E-state index is -1.81. The van der Waals surface area contributed by atoms with Crippen LogP contribution in [-0.2, 0) is 9.47 Å². The van der Waals surface area contributed by atoms with Crippen LogP contribution >= 0.6 is 0 Å². The molecule has 0 aromatic heterocycles. The third-order valence-electron chi connectivity index (χ3n) is 6.59. The minimum absolute atomic E-state index is 0.0383. The Morgan fingerprint density at radius 1 is 0.625 bits per heavy atom. The standard InChI is InChI=1S/C26H32O14/c27-9-16-18(31)20(33)22(35)25(38-16)37-15-8-14(30)7-12(4-1-11-2-5-13(29)6-3-11)24(15)40-26-23(36)21(34)19(32)17(10-28)39-26/h1-8,16-23,25-36H,9-10H2/b4-1-/t16-,17-,18-,19-,20+,21+,22-,23-,25-,26+/m1/s1. The number of benzene rings is 2. The van der Waals surface area contributed by atoms with E-state index in [2.05, 4.69) is 0 Å². The molecule has 0 aliphatic carbocycles. The molecular formula is C26H32O14. The van der Waals surface area contributed by atoms with Gasteiger partial charge in [-0.25, -0.2) is 0 Å². The number of rotatable bonds is 8. The molecule has 14 nitrogen and oxygen atoms in total.